The van der Waals surface area contributed by atoms with E-state index in [0.717, 1.165) is 64.2 Å². The van der Waals surface area contributed by atoms with Crippen LogP contribution in [-0.2, 0) is 14.3 Å². The van der Waals surface area contributed by atoms with Gasteiger partial charge in [0.15, 0.2) is 0 Å². The van der Waals surface area contributed by atoms with Crippen LogP contribution in [0, 0.1) is 0 Å². The zero-order valence-corrected chi connectivity index (χ0v) is 23.6. The molecular formula is C31H60O4. The van der Waals surface area contributed by atoms with Gasteiger partial charge in [-0.1, -0.05) is 129 Å². The summed E-state index contributed by atoms with van der Waals surface area (Å²) < 4.78 is 5.92. The predicted molar refractivity (Wildman–Crippen MR) is 149 cm³/mol. The highest BCUT2D eigenvalue weighted by Gasteiger charge is 2.14. The summed E-state index contributed by atoms with van der Waals surface area (Å²) >= 11 is 0. The van der Waals surface area contributed by atoms with Gasteiger partial charge in [-0.15, -0.1) is 0 Å². The van der Waals surface area contributed by atoms with E-state index in [2.05, 4.69) is 13.8 Å². The van der Waals surface area contributed by atoms with E-state index in [4.69, 9.17) is 9.84 Å². The van der Waals surface area contributed by atoms with Gasteiger partial charge in [-0.25, -0.2) is 0 Å². The second-order valence-corrected chi connectivity index (χ2v) is 10.7. The summed E-state index contributed by atoms with van der Waals surface area (Å²) in [6, 6.07) is 0. The number of rotatable bonds is 28. The van der Waals surface area contributed by atoms with Crippen molar-refractivity contribution in [3.8, 4) is 0 Å². The lowest BCUT2D eigenvalue weighted by molar-refractivity contribution is -0.150. The summed E-state index contributed by atoms with van der Waals surface area (Å²) in [4.78, 5) is 23.1. The van der Waals surface area contributed by atoms with Crippen LogP contribution < -0.4 is 0 Å². The van der Waals surface area contributed by atoms with Crippen LogP contribution in [0.5, 0.6) is 0 Å². The number of carbonyl (C=O) groups is 2. The number of esters is 1. The predicted octanol–water partition coefficient (Wildman–Crippen LogP) is 10.2. The molecular weight excluding hydrogens is 436 g/mol. The first-order valence-electron chi connectivity index (χ1n) is 15.5. The third-order valence-corrected chi connectivity index (χ3v) is 7.08. The van der Waals surface area contributed by atoms with Crippen molar-refractivity contribution in [1.29, 1.82) is 0 Å². The molecule has 1 atom stereocenters. The first-order valence-corrected chi connectivity index (χ1v) is 15.5. The van der Waals surface area contributed by atoms with Crippen LogP contribution in [0.2, 0.25) is 0 Å². The molecule has 0 aromatic heterocycles. The van der Waals surface area contributed by atoms with E-state index in [9.17, 15) is 9.59 Å². The highest BCUT2D eigenvalue weighted by atomic mass is 16.5. The van der Waals surface area contributed by atoms with Gasteiger partial charge in [0.1, 0.15) is 6.10 Å². The second-order valence-electron chi connectivity index (χ2n) is 10.7. The molecule has 0 rings (SSSR count). The van der Waals surface area contributed by atoms with Crippen LogP contribution in [0.15, 0.2) is 0 Å². The van der Waals surface area contributed by atoms with Crippen molar-refractivity contribution in [2.75, 3.05) is 0 Å². The summed E-state index contributed by atoms with van der Waals surface area (Å²) in [5.41, 5.74) is 0. The smallest absolute Gasteiger partial charge is 0.306 e. The van der Waals surface area contributed by atoms with Crippen molar-refractivity contribution in [3.63, 3.8) is 0 Å². The Kier molecular flexibility index (Phi) is 26.7. The summed E-state index contributed by atoms with van der Waals surface area (Å²) in [7, 11) is 0. The maximum Gasteiger partial charge on any atom is 0.306 e. The molecule has 1 unspecified atom stereocenters. The van der Waals surface area contributed by atoms with Gasteiger partial charge < -0.3 is 9.84 Å². The van der Waals surface area contributed by atoms with Gasteiger partial charge in [-0.2, -0.15) is 0 Å². The largest absolute Gasteiger partial charge is 0.481 e. The molecule has 0 aromatic carbocycles. The third-order valence-electron chi connectivity index (χ3n) is 7.08. The van der Waals surface area contributed by atoms with Crippen LogP contribution in [0.25, 0.3) is 0 Å². The van der Waals surface area contributed by atoms with Gasteiger partial charge in [0.25, 0.3) is 0 Å². The van der Waals surface area contributed by atoms with Crippen molar-refractivity contribution < 1.29 is 19.4 Å². The standard InChI is InChI=1S/C31H60O4/c1-3-5-7-9-11-13-14-17-21-25-29(26-22-18-16-19-23-27-30(32)33)35-31(34)28-24-20-15-12-10-8-6-4-2/h29H,3-28H2,1-2H3,(H,32,33). The molecule has 0 radical (unpaired) electrons. The van der Waals surface area contributed by atoms with Gasteiger partial charge in [0.05, 0.1) is 0 Å². The lowest BCUT2D eigenvalue weighted by Gasteiger charge is -2.18. The Balaban J connectivity index is 4.06. The SMILES string of the molecule is CCCCCCCCCCCC(CCCCCCCC(=O)O)OC(=O)CCCCCCCCCC. The summed E-state index contributed by atoms with van der Waals surface area (Å²) in [6.07, 6.45) is 29.6. The highest BCUT2D eigenvalue weighted by molar-refractivity contribution is 5.69. The second kappa shape index (κ2) is 27.5. The highest BCUT2D eigenvalue weighted by Crippen LogP contribution is 2.18. The molecule has 0 fully saturated rings. The zero-order chi connectivity index (χ0) is 25.8. The minimum atomic E-state index is -0.700. The molecule has 0 aliphatic heterocycles. The Morgan fingerprint density at radius 2 is 0.857 bits per heavy atom. The maximum atomic E-state index is 12.4. The van der Waals surface area contributed by atoms with Gasteiger partial charge >= 0.3 is 11.9 Å². The van der Waals surface area contributed by atoms with E-state index in [0.29, 0.717) is 6.42 Å². The van der Waals surface area contributed by atoms with Crippen molar-refractivity contribution in [2.24, 2.45) is 0 Å². The van der Waals surface area contributed by atoms with Crippen LogP contribution in [-0.4, -0.2) is 23.1 Å². The van der Waals surface area contributed by atoms with E-state index < -0.39 is 5.97 Å². The molecule has 4 heteroatoms. The molecule has 0 amide bonds. The number of carboxylic acids is 1. The van der Waals surface area contributed by atoms with Crippen LogP contribution in [0.1, 0.15) is 181 Å². The molecule has 0 aromatic rings. The van der Waals surface area contributed by atoms with Crippen molar-refractivity contribution >= 4 is 11.9 Å². The number of carboxylic acid groups (broad SMARTS) is 1. The number of aliphatic carboxylic acids is 1. The van der Waals surface area contributed by atoms with E-state index in [1.165, 1.54) is 89.9 Å². The lowest BCUT2D eigenvalue weighted by Crippen LogP contribution is -2.18. The number of ether oxygens (including phenoxy) is 1. The molecule has 208 valence electrons. The van der Waals surface area contributed by atoms with Crippen LogP contribution in [0.3, 0.4) is 0 Å². The Morgan fingerprint density at radius 1 is 0.514 bits per heavy atom. The lowest BCUT2D eigenvalue weighted by atomic mass is 10.0. The fourth-order valence-electron chi connectivity index (χ4n) is 4.77. The molecule has 0 spiro atoms. The number of carbonyl (C=O) groups excluding carboxylic acids is 1. The summed E-state index contributed by atoms with van der Waals surface area (Å²) in [5.74, 6) is -0.701. The minimum absolute atomic E-state index is 0.00151. The summed E-state index contributed by atoms with van der Waals surface area (Å²) in [5, 5.41) is 8.74. The fourth-order valence-corrected chi connectivity index (χ4v) is 4.77. The van der Waals surface area contributed by atoms with Gasteiger partial charge in [0, 0.05) is 12.8 Å². The Bertz CT molecular complexity index is 463. The van der Waals surface area contributed by atoms with E-state index in [-0.39, 0.29) is 18.5 Å². The molecule has 0 heterocycles. The van der Waals surface area contributed by atoms with E-state index >= 15 is 0 Å². The first kappa shape index (κ1) is 33.9. The molecule has 4 nitrogen and oxygen atoms in total. The first-order chi connectivity index (χ1) is 17.1. The average Bonchev–Trinajstić information content (AvgIpc) is 2.83. The summed E-state index contributed by atoms with van der Waals surface area (Å²) in [6.45, 7) is 4.51. The average molecular weight is 497 g/mol. The minimum Gasteiger partial charge on any atom is -0.481 e. The van der Waals surface area contributed by atoms with Gasteiger partial charge in [-0.3, -0.25) is 9.59 Å². The zero-order valence-electron chi connectivity index (χ0n) is 23.6. The monoisotopic (exact) mass is 496 g/mol. The van der Waals surface area contributed by atoms with Crippen molar-refractivity contribution in [1.82, 2.24) is 0 Å². The molecule has 0 aliphatic carbocycles. The Labute approximate surface area is 218 Å². The molecule has 35 heavy (non-hydrogen) atoms. The number of hydrogen-bond acceptors (Lipinski definition) is 3. The number of unbranched alkanes of at least 4 members (excludes halogenated alkanes) is 19. The van der Waals surface area contributed by atoms with Crippen LogP contribution >= 0.6 is 0 Å². The number of hydrogen-bond donors (Lipinski definition) is 1. The van der Waals surface area contributed by atoms with Crippen LogP contribution in [0.4, 0.5) is 0 Å². The maximum absolute atomic E-state index is 12.4. The Morgan fingerprint density at radius 3 is 1.26 bits per heavy atom. The third kappa shape index (κ3) is 27.4. The Hall–Kier alpha value is -1.06. The molecule has 0 saturated carbocycles. The molecule has 1 N–H and O–H groups in total. The van der Waals surface area contributed by atoms with Gasteiger partial charge in [-0.05, 0) is 38.5 Å². The van der Waals surface area contributed by atoms with E-state index in [1.54, 1.807) is 0 Å². The fraction of sp³-hybridized carbons (Fsp3) is 0.935. The van der Waals surface area contributed by atoms with Gasteiger partial charge in [0.2, 0.25) is 0 Å². The molecule has 0 bridgehead atoms. The van der Waals surface area contributed by atoms with E-state index in [1.807, 2.05) is 0 Å². The molecule has 0 aliphatic rings. The van der Waals surface area contributed by atoms with Crippen molar-refractivity contribution in [2.45, 2.75) is 187 Å². The topological polar surface area (TPSA) is 63.6 Å². The van der Waals surface area contributed by atoms with Crippen molar-refractivity contribution in [3.05, 3.63) is 0 Å². The quantitative estimate of drug-likeness (QED) is 0.0864. The normalized spacial score (nSPS) is 12.1. The molecule has 0 saturated heterocycles.